The first-order valence-corrected chi connectivity index (χ1v) is 5.00. The van der Waals surface area contributed by atoms with Gasteiger partial charge in [0.15, 0.2) is 5.82 Å². The molecule has 0 aromatic carbocycles. The van der Waals surface area contributed by atoms with Gasteiger partial charge in [-0.05, 0) is 25.1 Å². The topological polar surface area (TPSA) is 54.9 Å². The summed E-state index contributed by atoms with van der Waals surface area (Å²) in [7, 11) is 0. The van der Waals surface area contributed by atoms with Gasteiger partial charge in [0.05, 0.1) is 17.4 Å². The lowest BCUT2D eigenvalue weighted by Crippen LogP contribution is -2.13. The smallest absolute Gasteiger partial charge is 0.257 e. The summed E-state index contributed by atoms with van der Waals surface area (Å²) in [6.45, 7) is 1.82. The number of aryl methyl sites for hydroxylation is 1. The second kappa shape index (κ2) is 4.69. The molecule has 5 heteroatoms. The van der Waals surface area contributed by atoms with E-state index >= 15 is 0 Å². The summed E-state index contributed by atoms with van der Waals surface area (Å²) >= 11 is 0. The summed E-state index contributed by atoms with van der Waals surface area (Å²) in [5, 5.41) is 2.45. The van der Waals surface area contributed by atoms with Crippen molar-refractivity contribution in [2.24, 2.45) is 0 Å². The van der Waals surface area contributed by atoms with Crippen LogP contribution in [-0.4, -0.2) is 15.9 Å². The standard InChI is InChI=1S/C12H10FN3O/c1-8-2-3-9(6-15-8)12(17)16-11-4-5-14-7-10(11)13/h2-7H,1H3,(H,14,16,17). The van der Waals surface area contributed by atoms with E-state index in [1.165, 1.54) is 18.5 Å². The molecule has 4 nitrogen and oxygen atoms in total. The minimum atomic E-state index is -0.569. The molecule has 2 aromatic rings. The Kier molecular flexibility index (Phi) is 3.09. The SMILES string of the molecule is Cc1ccc(C(=O)Nc2ccncc2F)cn1. The van der Waals surface area contributed by atoms with E-state index in [-0.39, 0.29) is 5.69 Å². The second-order valence-corrected chi connectivity index (χ2v) is 3.50. The number of anilines is 1. The summed E-state index contributed by atoms with van der Waals surface area (Å²) in [6.07, 6.45) is 3.90. The maximum absolute atomic E-state index is 13.2. The summed E-state index contributed by atoms with van der Waals surface area (Å²) in [4.78, 5) is 19.3. The molecule has 0 aliphatic carbocycles. The summed E-state index contributed by atoms with van der Waals surface area (Å²) in [6, 6.07) is 4.75. The number of hydrogen-bond acceptors (Lipinski definition) is 3. The van der Waals surface area contributed by atoms with Gasteiger partial charge in [-0.1, -0.05) is 0 Å². The van der Waals surface area contributed by atoms with E-state index in [0.717, 1.165) is 11.9 Å². The van der Waals surface area contributed by atoms with Gasteiger partial charge < -0.3 is 5.32 Å². The van der Waals surface area contributed by atoms with Crippen molar-refractivity contribution in [1.29, 1.82) is 0 Å². The molecule has 0 atom stereocenters. The molecule has 1 N–H and O–H groups in total. The van der Waals surface area contributed by atoms with Crippen molar-refractivity contribution < 1.29 is 9.18 Å². The van der Waals surface area contributed by atoms with Crippen LogP contribution in [0.15, 0.2) is 36.8 Å². The van der Waals surface area contributed by atoms with Crippen molar-refractivity contribution in [3.05, 3.63) is 53.9 Å². The fourth-order valence-corrected chi connectivity index (χ4v) is 1.27. The zero-order valence-corrected chi connectivity index (χ0v) is 9.14. The third-order valence-electron chi connectivity index (χ3n) is 2.19. The Morgan fingerprint density at radius 3 is 2.76 bits per heavy atom. The normalized spacial score (nSPS) is 10.0. The molecule has 0 saturated carbocycles. The minimum absolute atomic E-state index is 0.102. The van der Waals surface area contributed by atoms with Crippen molar-refractivity contribution in [3.8, 4) is 0 Å². The predicted molar refractivity (Wildman–Crippen MR) is 61.1 cm³/mol. The Morgan fingerprint density at radius 1 is 1.29 bits per heavy atom. The summed E-state index contributed by atoms with van der Waals surface area (Å²) in [5.41, 5.74) is 1.30. The number of hydrogen-bond donors (Lipinski definition) is 1. The van der Waals surface area contributed by atoms with E-state index in [0.29, 0.717) is 5.56 Å². The first-order chi connectivity index (χ1) is 8.16. The van der Waals surface area contributed by atoms with Gasteiger partial charge in [-0.2, -0.15) is 0 Å². The molecular weight excluding hydrogens is 221 g/mol. The number of halogens is 1. The lowest BCUT2D eigenvalue weighted by Gasteiger charge is -2.05. The van der Waals surface area contributed by atoms with Crippen molar-refractivity contribution in [2.45, 2.75) is 6.92 Å². The molecule has 0 aliphatic heterocycles. The van der Waals surface area contributed by atoms with E-state index in [4.69, 9.17) is 0 Å². The Bertz CT molecular complexity index is 540. The van der Waals surface area contributed by atoms with Crippen LogP contribution in [0.2, 0.25) is 0 Å². The number of nitrogens with zero attached hydrogens (tertiary/aromatic N) is 2. The molecule has 2 aromatic heterocycles. The van der Waals surface area contributed by atoms with Crippen LogP contribution in [-0.2, 0) is 0 Å². The molecule has 2 rings (SSSR count). The van der Waals surface area contributed by atoms with Crippen LogP contribution in [0.4, 0.5) is 10.1 Å². The van der Waals surface area contributed by atoms with Crippen LogP contribution < -0.4 is 5.32 Å². The average Bonchev–Trinajstić information content (AvgIpc) is 2.33. The highest BCUT2D eigenvalue weighted by Crippen LogP contribution is 2.12. The average molecular weight is 231 g/mol. The largest absolute Gasteiger partial charge is 0.319 e. The predicted octanol–water partition coefficient (Wildman–Crippen LogP) is 2.18. The van der Waals surface area contributed by atoms with E-state index in [1.807, 2.05) is 6.92 Å². The van der Waals surface area contributed by atoms with Gasteiger partial charge in [0.2, 0.25) is 0 Å². The van der Waals surface area contributed by atoms with Gasteiger partial charge in [-0.25, -0.2) is 4.39 Å². The van der Waals surface area contributed by atoms with Crippen LogP contribution in [0, 0.1) is 12.7 Å². The zero-order valence-electron chi connectivity index (χ0n) is 9.14. The van der Waals surface area contributed by atoms with E-state index < -0.39 is 11.7 Å². The number of aromatic nitrogens is 2. The molecule has 0 unspecified atom stereocenters. The van der Waals surface area contributed by atoms with Crippen LogP contribution >= 0.6 is 0 Å². The molecule has 17 heavy (non-hydrogen) atoms. The molecular formula is C12H10FN3O. The first kappa shape index (κ1) is 11.2. The Hall–Kier alpha value is -2.30. The Labute approximate surface area is 97.5 Å². The molecule has 0 spiro atoms. The number of carbonyl (C=O) groups is 1. The van der Waals surface area contributed by atoms with Crippen molar-refractivity contribution in [2.75, 3.05) is 5.32 Å². The first-order valence-electron chi connectivity index (χ1n) is 5.00. The molecule has 0 fully saturated rings. The highest BCUT2D eigenvalue weighted by Gasteiger charge is 2.08. The molecule has 1 amide bonds. The highest BCUT2D eigenvalue weighted by molar-refractivity contribution is 6.04. The molecule has 0 aliphatic rings. The Balaban J connectivity index is 2.17. The number of carbonyl (C=O) groups excluding carboxylic acids is 1. The maximum atomic E-state index is 13.2. The van der Waals surface area contributed by atoms with Gasteiger partial charge in [-0.15, -0.1) is 0 Å². The zero-order chi connectivity index (χ0) is 12.3. The molecule has 86 valence electrons. The number of amides is 1. The number of nitrogens with one attached hydrogen (secondary N) is 1. The van der Waals surface area contributed by atoms with Gasteiger partial charge in [0.1, 0.15) is 0 Å². The monoisotopic (exact) mass is 231 g/mol. The van der Waals surface area contributed by atoms with Gasteiger partial charge in [-0.3, -0.25) is 14.8 Å². The van der Waals surface area contributed by atoms with Crippen LogP contribution in [0.25, 0.3) is 0 Å². The van der Waals surface area contributed by atoms with E-state index in [9.17, 15) is 9.18 Å². The fourth-order valence-electron chi connectivity index (χ4n) is 1.27. The lowest BCUT2D eigenvalue weighted by atomic mass is 10.2. The molecule has 0 radical (unpaired) electrons. The highest BCUT2D eigenvalue weighted by atomic mass is 19.1. The van der Waals surface area contributed by atoms with Crippen molar-refractivity contribution in [3.63, 3.8) is 0 Å². The van der Waals surface area contributed by atoms with E-state index in [1.54, 1.807) is 12.1 Å². The third-order valence-corrected chi connectivity index (χ3v) is 2.19. The number of rotatable bonds is 2. The van der Waals surface area contributed by atoms with Gasteiger partial charge in [0, 0.05) is 18.1 Å². The fraction of sp³-hybridized carbons (Fsp3) is 0.0833. The quantitative estimate of drug-likeness (QED) is 0.861. The molecule has 0 saturated heterocycles. The van der Waals surface area contributed by atoms with Crippen LogP contribution in [0.3, 0.4) is 0 Å². The molecule has 0 bridgehead atoms. The third kappa shape index (κ3) is 2.63. The molecule has 2 heterocycles. The van der Waals surface area contributed by atoms with Gasteiger partial charge in [0.25, 0.3) is 5.91 Å². The summed E-state index contributed by atoms with van der Waals surface area (Å²) in [5.74, 6) is -0.969. The minimum Gasteiger partial charge on any atom is -0.319 e. The lowest BCUT2D eigenvalue weighted by molar-refractivity contribution is 0.102. The van der Waals surface area contributed by atoms with Crippen molar-refractivity contribution in [1.82, 2.24) is 9.97 Å². The second-order valence-electron chi connectivity index (χ2n) is 3.50. The maximum Gasteiger partial charge on any atom is 0.257 e. The van der Waals surface area contributed by atoms with E-state index in [2.05, 4.69) is 15.3 Å². The van der Waals surface area contributed by atoms with Crippen LogP contribution in [0.5, 0.6) is 0 Å². The summed E-state index contributed by atoms with van der Waals surface area (Å²) < 4.78 is 13.2. The van der Waals surface area contributed by atoms with Gasteiger partial charge >= 0.3 is 0 Å². The van der Waals surface area contributed by atoms with Crippen molar-refractivity contribution >= 4 is 11.6 Å². The number of pyridine rings is 2. The van der Waals surface area contributed by atoms with Crippen LogP contribution in [0.1, 0.15) is 16.1 Å². The Morgan fingerprint density at radius 2 is 2.12 bits per heavy atom.